The summed E-state index contributed by atoms with van der Waals surface area (Å²) in [6.07, 6.45) is 9.82. The molecule has 0 saturated heterocycles. The standard InChI is InChI=1S/C33H56N8O3/c1-8-12-25(21-36-31(43)15-11-18-40(6)7)19-30(42)26-13-10-14-27(20-26)39-33(34)41-32(29(22-38-41)24(3)4)37-23-44-28(9-2)16-17-35-5/h10-11,13-15,20,22-25,28,30-31,35-36,42-43H,8-9,12,16-19,21H2,1-7H3,(H2,34,39)/b15-11+,37-23?. The number of aliphatic imine (C=N–C) groups is 2. The van der Waals surface area contributed by atoms with Crippen molar-refractivity contribution in [2.75, 3.05) is 40.8 Å². The highest BCUT2D eigenvalue weighted by Gasteiger charge is 2.18. The second kappa shape index (κ2) is 20.0. The molecule has 4 atom stereocenters. The van der Waals surface area contributed by atoms with E-state index in [9.17, 15) is 10.2 Å². The number of likely N-dealkylation sites (N-methyl/N-ethyl adjacent to an activating group) is 1. The molecule has 6 N–H and O–H groups in total. The fraction of sp³-hybridized carbons (Fsp3) is 0.606. The Hall–Kier alpha value is -3.09. The van der Waals surface area contributed by atoms with Gasteiger partial charge in [-0.3, -0.25) is 5.32 Å². The molecule has 0 aliphatic heterocycles. The van der Waals surface area contributed by atoms with Crippen molar-refractivity contribution in [3.63, 3.8) is 0 Å². The van der Waals surface area contributed by atoms with Crippen LogP contribution in [0.15, 0.2) is 52.6 Å². The molecule has 0 amide bonds. The molecule has 0 fully saturated rings. The van der Waals surface area contributed by atoms with Gasteiger partial charge in [0.25, 0.3) is 0 Å². The van der Waals surface area contributed by atoms with Crippen molar-refractivity contribution >= 4 is 23.9 Å². The summed E-state index contributed by atoms with van der Waals surface area (Å²) in [5, 5.41) is 32.2. The highest BCUT2D eigenvalue weighted by molar-refractivity contribution is 5.85. The van der Waals surface area contributed by atoms with Gasteiger partial charge in [-0.1, -0.05) is 52.3 Å². The van der Waals surface area contributed by atoms with Crippen molar-refractivity contribution < 1.29 is 14.9 Å². The van der Waals surface area contributed by atoms with Crippen molar-refractivity contribution in [3.8, 4) is 0 Å². The van der Waals surface area contributed by atoms with Crippen molar-refractivity contribution in [2.45, 2.75) is 84.2 Å². The smallest absolute Gasteiger partial charge is 0.223 e. The molecule has 44 heavy (non-hydrogen) atoms. The average molecular weight is 613 g/mol. The van der Waals surface area contributed by atoms with Gasteiger partial charge in [-0.05, 0) is 89.0 Å². The quantitative estimate of drug-likeness (QED) is 0.0639. The molecule has 0 bridgehead atoms. The van der Waals surface area contributed by atoms with Gasteiger partial charge in [0.2, 0.25) is 5.96 Å². The molecule has 246 valence electrons. The van der Waals surface area contributed by atoms with Crippen LogP contribution in [-0.2, 0) is 4.74 Å². The number of benzene rings is 1. The number of rotatable bonds is 20. The summed E-state index contributed by atoms with van der Waals surface area (Å²) in [7, 11) is 5.89. The number of aliphatic hydroxyl groups is 2. The van der Waals surface area contributed by atoms with E-state index in [1.165, 1.54) is 11.1 Å². The van der Waals surface area contributed by atoms with Crippen LogP contribution < -0.4 is 16.4 Å². The van der Waals surface area contributed by atoms with E-state index in [2.05, 4.69) is 53.4 Å². The average Bonchev–Trinajstić information content (AvgIpc) is 3.42. The zero-order chi connectivity index (χ0) is 32.5. The number of hydrogen-bond acceptors (Lipinski definition) is 9. The first kappa shape index (κ1) is 37.1. The molecular weight excluding hydrogens is 556 g/mol. The van der Waals surface area contributed by atoms with Gasteiger partial charge in [-0.25, -0.2) is 9.98 Å². The maximum Gasteiger partial charge on any atom is 0.223 e. The van der Waals surface area contributed by atoms with Gasteiger partial charge in [-0.15, -0.1) is 0 Å². The van der Waals surface area contributed by atoms with Crippen LogP contribution in [-0.4, -0.2) is 90.4 Å². The molecule has 4 unspecified atom stereocenters. The second-order valence-corrected chi connectivity index (χ2v) is 11.8. The van der Waals surface area contributed by atoms with Crippen LogP contribution in [0, 0.1) is 5.92 Å². The van der Waals surface area contributed by atoms with Gasteiger partial charge < -0.3 is 30.9 Å². The Kier molecular flexibility index (Phi) is 16.9. The minimum absolute atomic E-state index is 0.0629. The molecule has 1 heterocycles. The van der Waals surface area contributed by atoms with E-state index in [1.807, 2.05) is 56.4 Å². The number of aromatic nitrogens is 2. The summed E-state index contributed by atoms with van der Waals surface area (Å²) in [5.41, 5.74) is 8.76. The summed E-state index contributed by atoms with van der Waals surface area (Å²) >= 11 is 0. The lowest BCUT2D eigenvalue weighted by Gasteiger charge is -2.22. The van der Waals surface area contributed by atoms with Crippen LogP contribution in [0.5, 0.6) is 0 Å². The summed E-state index contributed by atoms with van der Waals surface area (Å²) in [4.78, 5) is 11.3. The van der Waals surface area contributed by atoms with Crippen LogP contribution in [0.2, 0.25) is 0 Å². The third kappa shape index (κ3) is 12.9. The minimum Gasteiger partial charge on any atom is -0.480 e. The number of hydrogen-bond donors (Lipinski definition) is 5. The molecule has 0 saturated carbocycles. The number of aliphatic hydroxyl groups excluding tert-OH is 2. The molecule has 0 spiro atoms. The molecule has 0 aliphatic rings. The first-order chi connectivity index (χ1) is 21.1. The number of nitrogens with zero attached hydrogens (tertiary/aromatic N) is 5. The molecular formula is C33H56N8O3. The maximum atomic E-state index is 11.1. The molecule has 1 aromatic heterocycles. The summed E-state index contributed by atoms with van der Waals surface area (Å²) in [5.74, 6) is 1.11. The lowest BCUT2D eigenvalue weighted by molar-refractivity contribution is 0.127. The maximum absolute atomic E-state index is 11.1. The van der Waals surface area contributed by atoms with E-state index in [0.717, 1.165) is 49.9 Å². The fourth-order valence-electron chi connectivity index (χ4n) is 4.80. The Morgan fingerprint density at radius 3 is 2.64 bits per heavy atom. The monoisotopic (exact) mass is 612 g/mol. The van der Waals surface area contributed by atoms with Gasteiger partial charge >= 0.3 is 0 Å². The van der Waals surface area contributed by atoms with Crippen molar-refractivity contribution in [1.82, 2.24) is 25.3 Å². The predicted molar refractivity (Wildman–Crippen MR) is 181 cm³/mol. The van der Waals surface area contributed by atoms with Crippen LogP contribution in [0.25, 0.3) is 0 Å². The molecule has 0 aliphatic carbocycles. The fourth-order valence-corrected chi connectivity index (χ4v) is 4.80. The van der Waals surface area contributed by atoms with Crippen LogP contribution in [0.1, 0.15) is 82.9 Å². The van der Waals surface area contributed by atoms with Crippen LogP contribution in [0.3, 0.4) is 0 Å². The van der Waals surface area contributed by atoms with Gasteiger partial charge in [0.05, 0.1) is 18.0 Å². The second-order valence-electron chi connectivity index (χ2n) is 11.8. The molecule has 2 rings (SSSR count). The lowest BCUT2D eigenvalue weighted by Crippen LogP contribution is -2.32. The van der Waals surface area contributed by atoms with Crippen molar-refractivity contribution in [1.29, 1.82) is 0 Å². The third-order valence-corrected chi connectivity index (χ3v) is 7.37. The molecule has 2 aromatic rings. The van der Waals surface area contributed by atoms with Crippen molar-refractivity contribution in [3.05, 3.63) is 53.7 Å². The van der Waals surface area contributed by atoms with Gasteiger partial charge in [0, 0.05) is 18.7 Å². The highest BCUT2D eigenvalue weighted by Crippen LogP contribution is 2.29. The molecule has 0 radical (unpaired) electrons. The topological polar surface area (TPSA) is 146 Å². The van der Waals surface area contributed by atoms with Crippen LogP contribution in [0.4, 0.5) is 11.5 Å². The largest absolute Gasteiger partial charge is 0.480 e. The predicted octanol–water partition coefficient (Wildman–Crippen LogP) is 4.43. The van der Waals surface area contributed by atoms with E-state index in [4.69, 9.17) is 10.5 Å². The Labute approximate surface area is 264 Å². The normalized spacial score (nSPS) is 15.5. The number of ether oxygens (including phenoxy) is 1. The Balaban J connectivity index is 2.17. The number of nitrogens with one attached hydrogen (secondary N) is 2. The molecule has 11 nitrogen and oxygen atoms in total. The zero-order valence-corrected chi connectivity index (χ0v) is 27.8. The van der Waals surface area contributed by atoms with E-state index in [-0.39, 0.29) is 23.9 Å². The minimum atomic E-state index is -0.724. The first-order valence-electron chi connectivity index (χ1n) is 15.8. The molecule has 1 aromatic carbocycles. The van der Waals surface area contributed by atoms with Gasteiger partial charge in [0.15, 0.2) is 12.2 Å². The Morgan fingerprint density at radius 2 is 1.98 bits per heavy atom. The van der Waals surface area contributed by atoms with Gasteiger partial charge in [-0.2, -0.15) is 9.78 Å². The van der Waals surface area contributed by atoms with E-state index >= 15 is 0 Å². The molecule has 11 heteroatoms. The lowest BCUT2D eigenvalue weighted by atomic mass is 9.93. The third-order valence-electron chi connectivity index (χ3n) is 7.37. The zero-order valence-electron chi connectivity index (χ0n) is 27.8. The SMILES string of the molecule is CCCC(CNC(O)/C=C/CN(C)C)CC(O)c1cccc(N=C(N)n2ncc(C(C)C)c2N=COC(CC)CCNC)c1. The van der Waals surface area contributed by atoms with Crippen molar-refractivity contribution in [2.24, 2.45) is 21.6 Å². The van der Waals surface area contributed by atoms with Gasteiger partial charge in [0.1, 0.15) is 12.3 Å². The van der Waals surface area contributed by atoms with E-state index in [0.29, 0.717) is 24.5 Å². The van der Waals surface area contributed by atoms with Crippen LogP contribution >= 0.6 is 0 Å². The van der Waals surface area contributed by atoms with E-state index < -0.39 is 12.3 Å². The number of nitrogens with two attached hydrogens (primary N) is 1. The summed E-state index contributed by atoms with van der Waals surface area (Å²) in [6.45, 7) is 10.6. The first-order valence-corrected chi connectivity index (χ1v) is 15.8. The summed E-state index contributed by atoms with van der Waals surface area (Å²) in [6, 6.07) is 7.45. The summed E-state index contributed by atoms with van der Waals surface area (Å²) < 4.78 is 7.42. The Morgan fingerprint density at radius 1 is 1.20 bits per heavy atom. The van der Waals surface area contributed by atoms with E-state index in [1.54, 1.807) is 12.3 Å². The Bertz CT molecular complexity index is 1180. The highest BCUT2D eigenvalue weighted by atomic mass is 16.5.